The van der Waals surface area contributed by atoms with Crippen LogP contribution < -0.4 is 10.6 Å². The summed E-state index contributed by atoms with van der Waals surface area (Å²) in [6.07, 6.45) is 11.2. The standard InChI is InChI=1S/C18H31N3O3S/c22-25(23)9-8-13(12-25)11-19-18(20-14-4-2-1-3-5-14)21-16-10-15-6-7-17(16)24-15/h13-17H,1-12H2,(H2,19,20,21). The third-order valence-corrected chi connectivity index (χ3v) is 8.05. The molecule has 0 aromatic rings. The van der Waals surface area contributed by atoms with E-state index in [1.807, 2.05) is 0 Å². The van der Waals surface area contributed by atoms with Gasteiger partial charge in [0, 0.05) is 12.6 Å². The number of ether oxygens (including phenoxy) is 1. The zero-order chi connectivity index (χ0) is 17.3. The predicted molar refractivity (Wildman–Crippen MR) is 98.5 cm³/mol. The topological polar surface area (TPSA) is 79.8 Å². The second-order valence-electron chi connectivity index (χ2n) is 8.30. The van der Waals surface area contributed by atoms with Crippen molar-refractivity contribution in [2.45, 2.75) is 82.1 Å². The van der Waals surface area contributed by atoms with E-state index in [0.29, 0.717) is 42.3 Å². The van der Waals surface area contributed by atoms with Gasteiger partial charge in [-0.1, -0.05) is 19.3 Å². The molecule has 0 aromatic carbocycles. The Kier molecular flexibility index (Phi) is 5.23. The van der Waals surface area contributed by atoms with Crippen LogP contribution in [-0.4, -0.2) is 56.7 Å². The predicted octanol–water partition coefficient (Wildman–Crippen LogP) is 1.61. The molecule has 6 nitrogen and oxygen atoms in total. The van der Waals surface area contributed by atoms with Crippen molar-refractivity contribution in [1.82, 2.24) is 10.6 Å². The molecule has 142 valence electrons. The van der Waals surface area contributed by atoms with Gasteiger partial charge < -0.3 is 15.4 Å². The van der Waals surface area contributed by atoms with Gasteiger partial charge in [0.15, 0.2) is 15.8 Å². The Bertz CT molecular complexity index is 601. The lowest BCUT2D eigenvalue weighted by Crippen LogP contribution is -2.50. The van der Waals surface area contributed by atoms with Crippen LogP contribution in [0.3, 0.4) is 0 Å². The Morgan fingerprint density at radius 1 is 1.04 bits per heavy atom. The average molecular weight is 370 g/mol. The molecule has 0 amide bonds. The first kappa shape index (κ1) is 17.6. The van der Waals surface area contributed by atoms with Crippen LogP contribution >= 0.6 is 0 Å². The van der Waals surface area contributed by atoms with Gasteiger partial charge in [-0.15, -0.1) is 0 Å². The van der Waals surface area contributed by atoms with E-state index in [1.54, 1.807) is 0 Å². The molecule has 3 heterocycles. The maximum absolute atomic E-state index is 11.7. The molecule has 2 N–H and O–H groups in total. The number of nitrogens with zero attached hydrogens (tertiary/aromatic N) is 1. The Labute approximate surface area is 151 Å². The van der Waals surface area contributed by atoms with Gasteiger partial charge in [0.1, 0.15) is 0 Å². The molecule has 4 atom stereocenters. The summed E-state index contributed by atoms with van der Waals surface area (Å²) in [7, 11) is -2.83. The normalized spacial score (nSPS) is 38.2. The molecule has 4 rings (SSSR count). The molecule has 1 aliphatic carbocycles. The minimum Gasteiger partial charge on any atom is -0.373 e. The highest BCUT2D eigenvalue weighted by Gasteiger charge is 2.41. The molecule has 7 heteroatoms. The smallest absolute Gasteiger partial charge is 0.191 e. The summed E-state index contributed by atoms with van der Waals surface area (Å²) in [5.41, 5.74) is 0. The third kappa shape index (κ3) is 4.48. The van der Waals surface area contributed by atoms with Gasteiger partial charge in [-0.25, -0.2) is 8.42 Å². The summed E-state index contributed by atoms with van der Waals surface area (Å²) in [4.78, 5) is 4.79. The summed E-state index contributed by atoms with van der Waals surface area (Å²) in [6, 6.07) is 0.840. The van der Waals surface area contributed by atoms with Crippen molar-refractivity contribution in [2.24, 2.45) is 10.9 Å². The fraction of sp³-hybridized carbons (Fsp3) is 0.944. The quantitative estimate of drug-likeness (QED) is 0.581. The fourth-order valence-corrected chi connectivity index (χ4v) is 6.62. The minimum atomic E-state index is -2.83. The van der Waals surface area contributed by atoms with E-state index < -0.39 is 9.84 Å². The number of hydrogen-bond acceptors (Lipinski definition) is 4. The van der Waals surface area contributed by atoms with Crippen molar-refractivity contribution >= 4 is 15.8 Å². The first-order valence-electron chi connectivity index (χ1n) is 10.0. The molecule has 4 aliphatic rings. The molecule has 3 aliphatic heterocycles. The van der Waals surface area contributed by atoms with Gasteiger partial charge in [-0.05, 0) is 44.4 Å². The van der Waals surface area contributed by atoms with Gasteiger partial charge in [-0.2, -0.15) is 0 Å². The van der Waals surface area contributed by atoms with E-state index >= 15 is 0 Å². The van der Waals surface area contributed by atoms with Crippen molar-refractivity contribution in [3.8, 4) is 0 Å². The van der Waals surface area contributed by atoms with E-state index in [-0.39, 0.29) is 5.92 Å². The minimum absolute atomic E-state index is 0.172. The van der Waals surface area contributed by atoms with Crippen molar-refractivity contribution in [1.29, 1.82) is 0 Å². The number of rotatable bonds is 4. The molecule has 0 spiro atoms. The number of nitrogens with one attached hydrogen (secondary N) is 2. The van der Waals surface area contributed by atoms with Gasteiger partial charge in [0.25, 0.3) is 0 Å². The fourth-order valence-electron chi connectivity index (χ4n) is 4.77. The lowest BCUT2D eigenvalue weighted by atomic mass is 9.95. The SMILES string of the molecule is O=S1(=O)CCC(CN=C(NC2CCCCC2)NC2CC3CCC2O3)C1. The van der Waals surface area contributed by atoms with E-state index in [4.69, 9.17) is 9.73 Å². The highest BCUT2D eigenvalue weighted by atomic mass is 32.2. The Morgan fingerprint density at radius 3 is 2.52 bits per heavy atom. The molecule has 25 heavy (non-hydrogen) atoms. The zero-order valence-electron chi connectivity index (χ0n) is 15.0. The van der Waals surface area contributed by atoms with E-state index in [1.165, 1.54) is 38.5 Å². The Balaban J connectivity index is 1.38. The maximum atomic E-state index is 11.7. The first-order valence-corrected chi connectivity index (χ1v) is 11.8. The van der Waals surface area contributed by atoms with Gasteiger partial charge in [0.2, 0.25) is 0 Å². The summed E-state index contributed by atoms with van der Waals surface area (Å²) < 4.78 is 29.3. The van der Waals surface area contributed by atoms with Crippen LogP contribution in [0.4, 0.5) is 0 Å². The van der Waals surface area contributed by atoms with Crippen LogP contribution in [-0.2, 0) is 14.6 Å². The molecule has 0 aromatic heterocycles. The van der Waals surface area contributed by atoms with E-state index in [0.717, 1.165) is 25.2 Å². The molecule has 4 fully saturated rings. The highest BCUT2D eigenvalue weighted by Crippen LogP contribution is 2.34. The summed E-state index contributed by atoms with van der Waals surface area (Å²) in [5, 5.41) is 7.22. The average Bonchev–Trinajstić information content (AvgIpc) is 3.29. The van der Waals surface area contributed by atoms with Crippen LogP contribution in [0.15, 0.2) is 4.99 Å². The zero-order valence-corrected chi connectivity index (χ0v) is 15.8. The maximum Gasteiger partial charge on any atom is 0.191 e. The number of sulfone groups is 1. The number of aliphatic imine (C=N–C) groups is 1. The van der Waals surface area contributed by atoms with Crippen molar-refractivity contribution in [2.75, 3.05) is 18.1 Å². The van der Waals surface area contributed by atoms with Crippen molar-refractivity contribution in [3.63, 3.8) is 0 Å². The monoisotopic (exact) mass is 369 g/mol. The molecule has 3 saturated heterocycles. The number of fused-ring (bicyclic) bond motifs is 2. The molecule has 4 unspecified atom stereocenters. The number of hydrogen-bond donors (Lipinski definition) is 2. The first-order chi connectivity index (χ1) is 12.1. The largest absolute Gasteiger partial charge is 0.373 e. The lowest BCUT2D eigenvalue weighted by Gasteiger charge is -2.28. The molecular formula is C18H31N3O3S. The van der Waals surface area contributed by atoms with Gasteiger partial charge in [-0.3, -0.25) is 4.99 Å². The summed E-state index contributed by atoms with van der Waals surface area (Å²) in [6.45, 7) is 0.600. The highest BCUT2D eigenvalue weighted by molar-refractivity contribution is 7.91. The summed E-state index contributed by atoms with van der Waals surface area (Å²) in [5.74, 6) is 1.67. The van der Waals surface area contributed by atoms with Crippen molar-refractivity contribution in [3.05, 3.63) is 0 Å². The Morgan fingerprint density at radius 2 is 1.88 bits per heavy atom. The van der Waals surface area contributed by atoms with Gasteiger partial charge >= 0.3 is 0 Å². The molecule has 2 bridgehead atoms. The second-order valence-corrected chi connectivity index (χ2v) is 10.5. The summed E-state index contributed by atoms with van der Waals surface area (Å²) >= 11 is 0. The second kappa shape index (κ2) is 7.43. The molecule has 1 saturated carbocycles. The third-order valence-electron chi connectivity index (χ3n) is 6.21. The lowest BCUT2D eigenvalue weighted by molar-refractivity contribution is 0.0992. The van der Waals surface area contributed by atoms with Crippen LogP contribution in [0.2, 0.25) is 0 Å². The van der Waals surface area contributed by atoms with Gasteiger partial charge in [0.05, 0.1) is 29.8 Å². The van der Waals surface area contributed by atoms with Crippen LogP contribution in [0.25, 0.3) is 0 Å². The van der Waals surface area contributed by atoms with E-state index in [2.05, 4.69) is 10.6 Å². The number of guanidine groups is 1. The molecular weight excluding hydrogens is 338 g/mol. The van der Waals surface area contributed by atoms with Crippen molar-refractivity contribution < 1.29 is 13.2 Å². The van der Waals surface area contributed by atoms with Crippen LogP contribution in [0.5, 0.6) is 0 Å². The molecule has 0 radical (unpaired) electrons. The van der Waals surface area contributed by atoms with Crippen LogP contribution in [0, 0.1) is 5.92 Å². The van der Waals surface area contributed by atoms with Crippen LogP contribution in [0.1, 0.15) is 57.8 Å². The van der Waals surface area contributed by atoms with E-state index in [9.17, 15) is 8.42 Å². The Hall–Kier alpha value is -0.820.